The van der Waals surface area contributed by atoms with Crippen molar-refractivity contribution in [2.75, 3.05) is 0 Å². The molecule has 1 aliphatic heterocycles. The molecule has 1 aromatic carbocycles. The molecule has 0 aliphatic carbocycles. The van der Waals surface area contributed by atoms with E-state index in [-0.39, 0.29) is 0 Å². The molecule has 0 fully saturated rings. The van der Waals surface area contributed by atoms with Crippen LogP contribution in [0, 0.1) is 17.2 Å². The van der Waals surface area contributed by atoms with Gasteiger partial charge in [-0.1, -0.05) is 18.2 Å². The average molecular weight is 340 g/mol. The fourth-order valence-electron chi connectivity index (χ4n) is 2.11. The van der Waals surface area contributed by atoms with Crippen LogP contribution in [0.5, 0.6) is 0 Å². The molecule has 5 nitrogen and oxygen atoms in total. The van der Waals surface area contributed by atoms with Gasteiger partial charge in [-0.05, 0) is 42.8 Å². The Labute approximate surface area is 134 Å². The molecule has 0 radical (unpaired) electrons. The van der Waals surface area contributed by atoms with Crippen molar-refractivity contribution >= 4 is 23.5 Å². The van der Waals surface area contributed by atoms with E-state index in [1.54, 1.807) is 0 Å². The van der Waals surface area contributed by atoms with Crippen LogP contribution in [0.15, 0.2) is 52.5 Å². The number of hydrogen-bond acceptors (Lipinski definition) is 5. The lowest BCUT2D eigenvalue weighted by atomic mass is 10.1. The minimum absolute atomic E-state index is 1.26. The van der Waals surface area contributed by atoms with Gasteiger partial charge in [-0.2, -0.15) is 4.57 Å². The normalized spacial score (nSPS) is 13.1. The second kappa shape index (κ2) is 6.78. The topological polar surface area (TPSA) is 96.1 Å². The van der Waals surface area contributed by atoms with Gasteiger partial charge in [-0.15, -0.1) is 10.2 Å². The summed E-state index contributed by atoms with van der Waals surface area (Å²) in [4.78, 5) is 1.37. The Kier molecular flexibility index (Phi) is 5.23. The molecule has 0 atom stereocenters. The highest BCUT2D eigenvalue weighted by Crippen LogP contribution is 2.36. The molecule has 0 amide bonds. The maximum atomic E-state index is 8.49. The maximum Gasteiger partial charge on any atom is 0.250 e. The van der Waals surface area contributed by atoms with Crippen molar-refractivity contribution in [2.24, 2.45) is 0 Å². The third kappa shape index (κ3) is 4.54. The molecule has 0 spiro atoms. The summed E-state index contributed by atoms with van der Waals surface area (Å²) < 4.78 is 36.2. The zero-order valence-electron chi connectivity index (χ0n) is 12.0. The number of halogens is 1. The summed E-state index contributed by atoms with van der Waals surface area (Å²) in [6, 6.07) is 12.8. The first-order valence-electron chi connectivity index (χ1n) is 6.34. The molecule has 0 N–H and O–H groups in total. The van der Waals surface area contributed by atoms with E-state index in [1.807, 2.05) is 11.8 Å². The Hall–Kier alpha value is -1.41. The zero-order valence-corrected chi connectivity index (χ0v) is 13.6. The highest BCUT2D eigenvalue weighted by Gasteiger charge is 2.19. The van der Waals surface area contributed by atoms with E-state index in [9.17, 15) is 0 Å². The largest absolute Gasteiger partial charge is 0.250 e. The highest BCUT2D eigenvalue weighted by molar-refractivity contribution is 7.99. The Balaban J connectivity index is 0.000000309. The molecule has 7 heteroatoms. The second-order valence-corrected chi connectivity index (χ2v) is 6.48. The number of fused-ring (bicyclic) bond motifs is 2. The van der Waals surface area contributed by atoms with Gasteiger partial charge < -0.3 is 0 Å². The fraction of sp³-hybridized carbons (Fsp3) is 0.133. The van der Waals surface area contributed by atoms with Gasteiger partial charge in [0.1, 0.15) is 0 Å². The van der Waals surface area contributed by atoms with Gasteiger partial charge >= 0.3 is 0 Å². The Bertz CT molecular complexity index is 707. The van der Waals surface area contributed by atoms with Crippen LogP contribution in [0.25, 0.3) is 11.8 Å². The number of aromatic nitrogens is 1. The first-order chi connectivity index (χ1) is 10.3. The number of allylic oxidation sites excluding steroid dienone is 1. The van der Waals surface area contributed by atoms with E-state index < -0.39 is 10.2 Å². The van der Waals surface area contributed by atoms with E-state index in [0.717, 1.165) is 0 Å². The van der Waals surface area contributed by atoms with Crippen molar-refractivity contribution in [3.63, 3.8) is 0 Å². The van der Waals surface area contributed by atoms with Gasteiger partial charge in [0.15, 0.2) is 12.4 Å². The number of nitrogens with zero attached hydrogens (tertiary/aromatic N) is 1. The lowest BCUT2D eigenvalue weighted by molar-refractivity contribution is -2.00. The molecule has 0 bridgehead atoms. The summed E-state index contributed by atoms with van der Waals surface area (Å²) in [6.45, 7) is 4.35. The SMILES string of the molecule is CC1=C[n+]2ccccc2Sc2c(C)cccc21.[O-][Cl+3]([O-])([O-])[O-]. The number of hydrogen-bond donors (Lipinski definition) is 0. The predicted molar refractivity (Wildman–Crippen MR) is 71.8 cm³/mol. The molecule has 22 heavy (non-hydrogen) atoms. The maximum absolute atomic E-state index is 8.49. The van der Waals surface area contributed by atoms with Gasteiger partial charge in [0, 0.05) is 22.6 Å². The van der Waals surface area contributed by atoms with Crippen LogP contribution in [0.4, 0.5) is 0 Å². The minimum Gasteiger partial charge on any atom is -0.222 e. The quantitative estimate of drug-likeness (QED) is 0.574. The predicted octanol–water partition coefficient (Wildman–Crippen LogP) is -0.991. The third-order valence-electron chi connectivity index (χ3n) is 3.03. The van der Waals surface area contributed by atoms with Crippen LogP contribution in [-0.2, 0) is 0 Å². The third-order valence-corrected chi connectivity index (χ3v) is 4.33. The molecule has 2 aromatic rings. The number of aryl methyl sites for hydroxylation is 1. The van der Waals surface area contributed by atoms with Crippen LogP contribution in [0.3, 0.4) is 0 Å². The lowest BCUT2D eigenvalue weighted by Gasteiger charge is -2.17. The van der Waals surface area contributed by atoms with E-state index in [4.69, 9.17) is 18.6 Å². The van der Waals surface area contributed by atoms with Crippen molar-refractivity contribution in [3.8, 4) is 0 Å². The molecule has 0 saturated heterocycles. The van der Waals surface area contributed by atoms with Crippen molar-refractivity contribution in [3.05, 3.63) is 53.7 Å². The van der Waals surface area contributed by atoms with E-state index in [0.29, 0.717) is 0 Å². The molecule has 1 aromatic heterocycles. The molecule has 0 saturated carbocycles. The first kappa shape index (κ1) is 17.0. The molecular formula is C15H14ClNO4S. The summed E-state index contributed by atoms with van der Waals surface area (Å²) in [7, 11) is -4.94. The van der Waals surface area contributed by atoms with Crippen molar-refractivity contribution in [1.29, 1.82) is 0 Å². The minimum atomic E-state index is -4.94. The van der Waals surface area contributed by atoms with Crippen molar-refractivity contribution in [1.82, 2.24) is 0 Å². The van der Waals surface area contributed by atoms with Crippen LogP contribution in [0.1, 0.15) is 18.1 Å². The van der Waals surface area contributed by atoms with Gasteiger partial charge in [0.05, 0.1) is 0 Å². The van der Waals surface area contributed by atoms with Crippen molar-refractivity contribution in [2.45, 2.75) is 23.8 Å². The highest BCUT2D eigenvalue weighted by atomic mass is 35.7. The molecule has 0 unspecified atom stereocenters. The monoisotopic (exact) mass is 339 g/mol. The number of rotatable bonds is 0. The van der Waals surface area contributed by atoms with Gasteiger partial charge in [-0.3, -0.25) is 0 Å². The summed E-state index contributed by atoms with van der Waals surface area (Å²) in [5, 5.41) is 1.26. The first-order valence-corrected chi connectivity index (χ1v) is 8.39. The lowest BCUT2D eigenvalue weighted by Crippen LogP contribution is -2.68. The van der Waals surface area contributed by atoms with Gasteiger partial charge in [-0.25, -0.2) is 18.6 Å². The zero-order chi connectivity index (χ0) is 16.3. The van der Waals surface area contributed by atoms with Gasteiger partial charge in [0.25, 0.3) is 0 Å². The molecule has 1 aliphatic rings. The van der Waals surface area contributed by atoms with Crippen LogP contribution >= 0.6 is 11.8 Å². The fourth-order valence-corrected chi connectivity index (χ4v) is 3.26. The Morgan fingerprint density at radius 1 is 0.955 bits per heavy atom. The van der Waals surface area contributed by atoms with Crippen molar-refractivity contribution < 1.29 is 33.4 Å². The number of pyridine rings is 1. The van der Waals surface area contributed by atoms with Crippen LogP contribution in [-0.4, -0.2) is 0 Å². The molecule has 2 heterocycles. The second-order valence-electron chi connectivity index (χ2n) is 4.69. The Morgan fingerprint density at radius 2 is 1.64 bits per heavy atom. The van der Waals surface area contributed by atoms with Crippen LogP contribution < -0.4 is 23.2 Å². The summed E-state index contributed by atoms with van der Waals surface area (Å²) in [6.07, 6.45) is 4.31. The van der Waals surface area contributed by atoms with E-state index in [1.165, 1.54) is 26.6 Å². The van der Waals surface area contributed by atoms with Crippen LogP contribution in [0.2, 0.25) is 0 Å². The number of benzene rings is 1. The standard InChI is InChI=1S/C15H14NS.ClHO4/c1-11-6-5-7-13-12(2)10-16-9-4-3-8-14(16)17-15(11)13;2-1(3,4)5/h3-10H,1-2H3;(H,2,3,4,5)/q+1;/p-1. The summed E-state index contributed by atoms with van der Waals surface area (Å²) in [5.74, 6) is 0. The Morgan fingerprint density at radius 3 is 2.32 bits per heavy atom. The molecular weight excluding hydrogens is 326 g/mol. The summed E-state index contributed by atoms with van der Waals surface area (Å²) >= 11 is 1.84. The summed E-state index contributed by atoms with van der Waals surface area (Å²) in [5.41, 5.74) is 4.00. The van der Waals surface area contributed by atoms with Gasteiger partial charge in [0.2, 0.25) is 5.03 Å². The van der Waals surface area contributed by atoms with E-state index >= 15 is 0 Å². The molecule has 3 rings (SSSR count). The average Bonchev–Trinajstić information content (AvgIpc) is 2.55. The molecule has 116 valence electrons. The smallest absolute Gasteiger partial charge is 0.222 e. The van der Waals surface area contributed by atoms with E-state index in [2.05, 4.69) is 67.2 Å².